The molecule has 0 spiro atoms. The highest BCUT2D eigenvalue weighted by atomic mass is 79.9. The first-order valence-electron chi connectivity index (χ1n) is 5.57. The van der Waals surface area contributed by atoms with Crippen molar-refractivity contribution in [1.29, 1.82) is 0 Å². The molecule has 0 aliphatic rings. The van der Waals surface area contributed by atoms with Crippen LogP contribution < -0.4 is 10.5 Å². The molecule has 2 nitrogen and oxygen atoms in total. The molecule has 0 aliphatic heterocycles. The lowest BCUT2D eigenvalue weighted by atomic mass is 10.1. The fourth-order valence-electron chi connectivity index (χ4n) is 1.64. The Balaban J connectivity index is 2.21. The van der Waals surface area contributed by atoms with E-state index in [4.69, 9.17) is 10.5 Å². The molecule has 0 heterocycles. The van der Waals surface area contributed by atoms with E-state index >= 15 is 0 Å². The molecule has 1 atom stereocenters. The highest BCUT2D eigenvalue weighted by molar-refractivity contribution is 9.10. The topological polar surface area (TPSA) is 35.2 Å². The van der Waals surface area contributed by atoms with Crippen LogP contribution in [-0.2, 0) is 0 Å². The van der Waals surface area contributed by atoms with Gasteiger partial charge in [-0.25, -0.2) is 4.39 Å². The van der Waals surface area contributed by atoms with Crippen LogP contribution in [-0.4, -0.2) is 6.54 Å². The molecule has 2 rings (SSSR count). The van der Waals surface area contributed by atoms with Crippen LogP contribution in [0.3, 0.4) is 0 Å². The second-order valence-electron chi connectivity index (χ2n) is 3.83. The van der Waals surface area contributed by atoms with Gasteiger partial charge in [0, 0.05) is 6.54 Å². The third-order valence-electron chi connectivity index (χ3n) is 2.55. The molecule has 0 amide bonds. The van der Waals surface area contributed by atoms with E-state index in [0.29, 0.717) is 16.8 Å². The average Bonchev–Trinajstić information content (AvgIpc) is 2.39. The minimum Gasteiger partial charge on any atom is -0.483 e. The second kappa shape index (κ2) is 5.98. The zero-order valence-electron chi connectivity index (χ0n) is 9.64. The Kier molecular flexibility index (Phi) is 4.33. The molecule has 4 heteroatoms. The molecule has 0 saturated carbocycles. The quantitative estimate of drug-likeness (QED) is 0.935. The number of halogens is 2. The van der Waals surface area contributed by atoms with Gasteiger partial charge in [0.25, 0.3) is 0 Å². The van der Waals surface area contributed by atoms with Gasteiger partial charge >= 0.3 is 0 Å². The van der Waals surface area contributed by atoms with Crippen molar-refractivity contribution in [1.82, 2.24) is 0 Å². The van der Waals surface area contributed by atoms with E-state index in [1.165, 1.54) is 12.1 Å². The van der Waals surface area contributed by atoms with Gasteiger partial charge in [0.1, 0.15) is 17.7 Å². The van der Waals surface area contributed by atoms with Crippen molar-refractivity contribution in [3.8, 4) is 5.75 Å². The fraction of sp³-hybridized carbons (Fsp3) is 0.143. The molecule has 94 valence electrons. The van der Waals surface area contributed by atoms with Crippen molar-refractivity contribution in [2.75, 3.05) is 6.54 Å². The van der Waals surface area contributed by atoms with Crippen LogP contribution in [0.1, 0.15) is 11.7 Å². The predicted octanol–water partition coefficient (Wildman–Crippen LogP) is 3.67. The number of ether oxygens (including phenoxy) is 1. The predicted molar refractivity (Wildman–Crippen MR) is 73.0 cm³/mol. The summed E-state index contributed by atoms with van der Waals surface area (Å²) in [7, 11) is 0. The van der Waals surface area contributed by atoms with Crippen LogP contribution in [0.2, 0.25) is 0 Å². The van der Waals surface area contributed by atoms with Gasteiger partial charge in [-0.1, -0.05) is 30.3 Å². The van der Waals surface area contributed by atoms with E-state index in [-0.39, 0.29) is 11.9 Å². The zero-order chi connectivity index (χ0) is 13.0. The molecule has 0 aliphatic carbocycles. The summed E-state index contributed by atoms with van der Waals surface area (Å²) in [6, 6.07) is 14.0. The van der Waals surface area contributed by atoms with E-state index in [1.807, 2.05) is 30.3 Å². The molecule has 0 saturated heterocycles. The molecular weight excluding hydrogens is 297 g/mol. The summed E-state index contributed by atoms with van der Waals surface area (Å²) in [6.45, 7) is 0.355. The van der Waals surface area contributed by atoms with Crippen molar-refractivity contribution in [2.24, 2.45) is 5.73 Å². The van der Waals surface area contributed by atoms with Gasteiger partial charge in [-0.2, -0.15) is 0 Å². The molecule has 2 aromatic carbocycles. The lowest BCUT2D eigenvalue weighted by molar-refractivity contribution is 0.212. The first kappa shape index (κ1) is 13.1. The number of hydrogen-bond donors (Lipinski definition) is 1. The van der Waals surface area contributed by atoms with E-state index in [2.05, 4.69) is 15.9 Å². The average molecular weight is 310 g/mol. The van der Waals surface area contributed by atoms with Crippen LogP contribution in [0.25, 0.3) is 0 Å². The largest absolute Gasteiger partial charge is 0.483 e. The summed E-state index contributed by atoms with van der Waals surface area (Å²) in [5, 5.41) is 0. The molecule has 1 unspecified atom stereocenters. The third-order valence-corrected chi connectivity index (χ3v) is 3.17. The Morgan fingerprint density at radius 2 is 1.89 bits per heavy atom. The maximum Gasteiger partial charge on any atom is 0.136 e. The number of rotatable bonds is 4. The minimum atomic E-state index is -0.307. The smallest absolute Gasteiger partial charge is 0.136 e. The third kappa shape index (κ3) is 3.09. The second-order valence-corrected chi connectivity index (χ2v) is 4.68. The Labute approximate surface area is 114 Å². The van der Waals surface area contributed by atoms with Crippen LogP contribution in [0.15, 0.2) is 53.0 Å². The van der Waals surface area contributed by atoms with Crippen molar-refractivity contribution < 1.29 is 9.13 Å². The molecule has 0 bridgehead atoms. The first-order valence-corrected chi connectivity index (χ1v) is 6.36. The van der Waals surface area contributed by atoms with E-state index in [0.717, 1.165) is 5.56 Å². The summed E-state index contributed by atoms with van der Waals surface area (Å²) < 4.78 is 19.4. The maximum absolute atomic E-state index is 13.0. The molecule has 0 aromatic heterocycles. The van der Waals surface area contributed by atoms with Gasteiger partial charge in [-0.3, -0.25) is 0 Å². The number of nitrogens with two attached hydrogens (primary N) is 1. The highest BCUT2D eigenvalue weighted by Crippen LogP contribution is 2.29. The summed E-state index contributed by atoms with van der Waals surface area (Å²) in [5.74, 6) is 0.272. The lowest BCUT2D eigenvalue weighted by Crippen LogP contribution is -2.18. The van der Waals surface area contributed by atoms with Crippen molar-refractivity contribution in [3.05, 3.63) is 64.4 Å². The monoisotopic (exact) mass is 309 g/mol. The van der Waals surface area contributed by atoms with Gasteiger partial charge in [0.05, 0.1) is 4.47 Å². The minimum absolute atomic E-state index is 0.243. The summed E-state index contributed by atoms with van der Waals surface area (Å²) in [6.07, 6.45) is -0.243. The van der Waals surface area contributed by atoms with Crippen molar-refractivity contribution in [2.45, 2.75) is 6.10 Å². The van der Waals surface area contributed by atoms with E-state index in [9.17, 15) is 4.39 Å². The summed E-state index contributed by atoms with van der Waals surface area (Å²) >= 11 is 3.27. The Morgan fingerprint density at radius 3 is 2.50 bits per heavy atom. The molecular formula is C14H13BrFNO. The molecule has 18 heavy (non-hydrogen) atoms. The van der Waals surface area contributed by atoms with Gasteiger partial charge in [-0.15, -0.1) is 0 Å². The van der Waals surface area contributed by atoms with Crippen LogP contribution >= 0.6 is 15.9 Å². The maximum atomic E-state index is 13.0. The van der Waals surface area contributed by atoms with Crippen LogP contribution in [0.5, 0.6) is 5.75 Å². The SMILES string of the molecule is NCC(Oc1ccc(F)cc1Br)c1ccccc1. The fourth-order valence-corrected chi connectivity index (χ4v) is 2.09. The highest BCUT2D eigenvalue weighted by Gasteiger charge is 2.13. The van der Waals surface area contributed by atoms with Crippen molar-refractivity contribution in [3.63, 3.8) is 0 Å². The molecule has 0 radical (unpaired) electrons. The Hall–Kier alpha value is -1.39. The van der Waals surface area contributed by atoms with Gasteiger partial charge < -0.3 is 10.5 Å². The summed E-state index contributed by atoms with van der Waals surface area (Å²) in [4.78, 5) is 0. The van der Waals surface area contributed by atoms with Crippen LogP contribution in [0.4, 0.5) is 4.39 Å². The van der Waals surface area contributed by atoms with Gasteiger partial charge in [0.2, 0.25) is 0 Å². The Bertz CT molecular complexity index is 518. The van der Waals surface area contributed by atoms with Gasteiger partial charge in [0.15, 0.2) is 0 Å². The lowest BCUT2D eigenvalue weighted by Gasteiger charge is -2.18. The molecule has 0 fully saturated rings. The number of benzene rings is 2. The standard InChI is InChI=1S/C14H13BrFNO/c15-12-8-11(16)6-7-13(12)18-14(9-17)10-4-2-1-3-5-10/h1-8,14H,9,17H2. The summed E-state index contributed by atoms with van der Waals surface area (Å²) in [5.41, 5.74) is 6.71. The normalized spacial score (nSPS) is 12.2. The van der Waals surface area contributed by atoms with E-state index in [1.54, 1.807) is 6.07 Å². The zero-order valence-corrected chi connectivity index (χ0v) is 11.2. The number of hydrogen-bond acceptors (Lipinski definition) is 2. The molecule has 2 N–H and O–H groups in total. The van der Waals surface area contributed by atoms with Gasteiger partial charge in [-0.05, 0) is 39.7 Å². The van der Waals surface area contributed by atoms with E-state index < -0.39 is 0 Å². The first-order chi connectivity index (χ1) is 8.70. The van der Waals surface area contributed by atoms with Crippen LogP contribution in [0, 0.1) is 5.82 Å². The Morgan fingerprint density at radius 1 is 1.17 bits per heavy atom. The van der Waals surface area contributed by atoms with Crippen molar-refractivity contribution >= 4 is 15.9 Å². The molecule has 2 aromatic rings.